The molecule has 0 aliphatic heterocycles. The Bertz CT molecular complexity index is 767. The summed E-state index contributed by atoms with van der Waals surface area (Å²) in [6.07, 6.45) is 4.21. The van der Waals surface area contributed by atoms with Gasteiger partial charge in [-0.05, 0) is 30.7 Å². The lowest BCUT2D eigenvalue weighted by molar-refractivity contribution is 0.172. The number of oxazole rings is 1. The van der Waals surface area contributed by atoms with E-state index in [4.69, 9.17) is 13.9 Å². The zero-order chi connectivity index (χ0) is 15.4. The van der Waals surface area contributed by atoms with Crippen LogP contribution in [0.1, 0.15) is 12.0 Å². The molecule has 0 atom stereocenters. The molecule has 0 aliphatic rings. The van der Waals surface area contributed by atoms with Gasteiger partial charge in [-0.15, -0.1) is 0 Å². The largest absolute Gasteiger partial charge is 0.491 e. The molecule has 3 aromatic rings. The van der Waals surface area contributed by atoms with Crippen molar-refractivity contribution in [1.29, 1.82) is 0 Å². The van der Waals surface area contributed by atoms with Crippen molar-refractivity contribution >= 4 is 11.1 Å². The van der Waals surface area contributed by atoms with Gasteiger partial charge >= 0.3 is 0 Å². The van der Waals surface area contributed by atoms with Crippen molar-refractivity contribution in [2.45, 2.75) is 13.3 Å². The lowest BCUT2D eigenvalue weighted by Gasteiger charge is -2.08. The van der Waals surface area contributed by atoms with Crippen molar-refractivity contribution < 1.29 is 13.9 Å². The maximum Gasteiger partial charge on any atom is 0.231 e. The number of methoxy groups -OCH3 is 1. The number of hydrogen-bond acceptors (Lipinski definition) is 5. The average molecular weight is 298 g/mol. The van der Waals surface area contributed by atoms with Crippen molar-refractivity contribution in [3.8, 4) is 17.2 Å². The minimum absolute atomic E-state index is 0.546. The van der Waals surface area contributed by atoms with Crippen LogP contribution in [0.25, 0.3) is 22.6 Å². The van der Waals surface area contributed by atoms with Gasteiger partial charge in [0.25, 0.3) is 0 Å². The number of benzene rings is 1. The normalized spacial score (nSPS) is 11.0. The van der Waals surface area contributed by atoms with E-state index in [0.29, 0.717) is 24.9 Å². The SMILES string of the molecule is COCCCOc1cnccc1-c1nc2cc(C)ccc2o1. The Hall–Kier alpha value is -2.40. The number of fused-ring (bicyclic) bond motifs is 1. The Morgan fingerprint density at radius 1 is 1.18 bits per heavy atom. The topological polar surface area (TPSA) is 57.4 Å². The van der Waals surface area contributed by atoms with Gasteiger partial charge in [0.2, 0.25) is 5.89 Å². The van der Waals surface area contributed by atoms with Crippen LogP contribution in [0.15, 0.2) is 41.1 Å². The summed E-state index contributed by atoms with van der Waals surface area (Å²) in [4.78, 5) is 8.66. The number of ether oxygens (including phenoxy) is 2. The molecule has 2 heterocycles. The van der Waals surface area contributed by atoms with Gasteiger partial charge in [0.1, 0.15) is 11.3 Å². The minimum atomic E-state index is 0.546. The second kappa shape index (κ2) is 6.58. The summed E-state index contributed by atoms with van der Waals surface area (Å²) in [5.41, 5.74) is 3.57. The highest BCUT2D eigenvalue weighted by Gasteiger charge is 2.13. The molecule has 114 valence electrons. The van der Waals surface area contributed by atoms with E-state index in [9.17, 15) is 0 Å². The Morgan fingerprint density at radius 3 is 2.95 bits per heavy atom. The Morgan fingerprint density at radius 2 is 2.09 bits per heavy atom. The number of aryl methyl sites for hydroxylation is 1. The fourth-order valence-corrected chi connectivity index (χ4v) is 2.21. The predicted molar refractivity (Wildman–Crippen MR) is 84.0 cm³/mol. The molecule has 0 saturated heterocycles. The van der Waals surface area contributed by atoms with Gasteiger partial charge in [-0.1, -0.05) is 6.07 Å². The van der Waals surface area contributed by atoms with Gasteiger partial charge in [-0.3, -0.25) is 4.98 Å². The molecule has 5 nitrogen and oxygen atoms in total. The highest BCUT2D eigenvalue weighted by molar-refractivity contribution is 5.77. The predicted octanol–water partition coefficient (Wildman–Crippen LogP) is 3.61. The Labute approximate surface area is 128 Å². The van der Waals surface area contributed by atoms with Gasteiger partial charge in [0.15, 0.2) is 5.58 Å². The van der Waals surface area contributed by atoms with E-state index in [-0.39, 0.29) is 0 Å². The zero-order valence-corrected chi connectivity index (χ0v) is 12.7. The fourth-order valence-electron chi connectivity index (χ4n) is 2.21. The lowest BCUT2D eigenvalue weighted by atomic mass is 10.2. The smallest absolute Gasteiger partial charge is 0.231 e. The first-order chi connectivity index (χ1) is 10.8. The van der Waals surface area contributed by atoms with E-state index >= 15 is 0 Å². The van der Waals surface area contributed by atoms with Crippen LogP contribution < -0.4 is 4.74 Å². The van der Waals surface area contributed by atoms with E-state index < -0.39 is 0 Å². The first-order valence-electron chi connectivity index (χ1n) is 7.21. The molecular formula is C17H18N2O3. The van der Waals surface area contributed by atoms with Gasteiger partial charge < -0.3 is 13.9 Å². The number of rotatable bonds is 6. The third-order valence-electron chi connectivity index (χ3n) is 3.31. The number of aromatic nitrogens is 2. The molecule has 1 aromatic carbocycles. The molecule has 22 heavy (non-hydrogen) atoms. The monoisotopic (exact) mass is 298 g/mol. The molecule has 0 saturated carbocycles. The van der Waals surface area contributed by atoms with Crippen LogP contribution in [0.5, 0.6) is 5.75 Å². The maximum absolute atomic E-state index is 5.83. The second-order valence-electron chi connectivity index (χ2n) is 5.06. The van der Waals surface area contributed by atoms with Crippen LogP contribution in [0, 0.1) is 6.92 Å². The van der Waals surface area contributed by atoms with Crippen LogP contribution in [0.2, 0.25) is 0 Å². The van der Waals surface area contributed by atoms with Crippen LogP contribution in [-0.2, 0) is 4.74 Å². The second-order valence-corrected chi connectivity index (χ2v) is 5.06. The first-order valence-corrected chi connectivity index (χ1v) is 7.21. The van der Waals surface area contributed by atoms with Crippen molar-refractivity contribution in [3.63, 3.8) is 0 Å². The number of hydrogen-bond donors (Lipinski definition) is 0. The van der Waals surface area contributed by atoms with Crippen molar-refractivity contribution in [2.24, 2.45) is 0 Å². The molecule has 0 aliphatic carbocycles. The summed E-state index contributed by atoms with van der Waals surface area (Å²) in [6, 6.07) is 7.79. The number of pyridine rings is 1. The third-order valence-corrected chi connectivity index (χ3v) is 3.31. The van der Waals surface area contributed by atoms with E-state index in [1.165, 1.54) is 0 Å². The van der Waals surface area contributed by atoms with Crippen LogP contribution in [0.3, 0.4) is 0 Å². The molecule has 0 radical (unpaired) electrons. The van der Waals surface area contributed by atoms with Crippen molar-refractivity contribution in [2.75, 3.05) is 20.3 Å². The molecule has 0 spiro atoms. The average Bonchev–Trinajstić information content (AvgIpc) is 2.95. The highest BCUT2D eigenvalue weighted by atomic mass is 16.5. The molecule has 5 heteroatoms. The van der Waals surface area contributed by atoms with E-state index in [0.717, 1.165) is 28.6 Å². The van der Waals surface area contributed by atoms with Gasteiger partial charge in [-0.25, -0.2) is 4.98 Å². The summed E-state index contributed by atoms with van der Waals surface area (Å²) in [7, 11) is 1.68. The van der Waals surface area contributed by atoms with Crippen molar-refractivity contribution in [1.82, 2.24) is 9.97 Å². The zero-order valence-electron chi connectivity index (χ0n) is 12.7. The fraction of sp³-hybridized carbons (Fsp3) is 0.294. The lowest BCUT2D eigenvalue weighted by Crippen LogP contribution is -2.02. The summed E-state index contributed by atoms with van der Waals surface area (Å²) >= 11 is 0. The molecule has 0 unspecified atom stereocenters. The highest BCUT2D eigenvalue weighted by Crippen LogP contribution is 2.31. The van der Waals surface area contributed by atoms with Gasteiger partial charge in [0.05, 0.1) is 18.4 Å². The number of nitrogens with zero attached hydrogens (tertiary/aromatic N) is 2. The summed E-state index contributed by atoms with van der Waals surface area (Å²) in [5, 5.41) is 0. The summed E-state index contributed by atoms with van der Waals surface area (Å²) in [5.74, 6) is 1.21. The summed E-state index contributed by atoms with van der Waals surface area (Å²) < 4.78 is 16.6. The van der Waals surface area contributed by atoms with E-state index in [2.05, 4.69) is 9.97 Å². The maximum atomic E-state index is 5.83. The molecule has 2 aromatic heterocycles. The van der Waals surface area contributed by atoms with E-state index in [1.807, 2.05) is 31.2 Å². The quantitative estimate of drug-likeness (QED) is 0.651. The van der Waals surface area contributed by atoms with Crippen molar-refractivity contribution in [3.05, 3.63) is 42.2 Å². The Kier molecular flexibility index (Phi) is 4.34. The standard InChI is InChI=1S/C17H18N2O3/c1-12-4-5-15-14(10-12)19-17(22-15)13-6-7-18-11-16(13)21-9-3-8-20-2/h4-7,10-11H,3,8-9H2,1-2H3. The minimum Gasteiger partial charge on any atom is -0.491 e. The van der Waals surface area contributed by atoms with E-state index in [1.54, 1.807) is 19.5 Å². The summed E-state index contributed by atoms with van der Waals surface area (Å²) in [6.45, 7) is 3.26. The van der Waals surface area contributed by atoms with Crippen LogP contribution >= 0.6 is 0 Å². The van der Waals surface area contributed by atoms with Gasteiger partial charge in [0, 0.05) is 26.3 Å². The molecule has 0 fully saturated rings. The first kappa shape index (κ1) is 14.5. The molecule has 0 N–H and O–H groups in total. The molecule has 0 amide bonds. The van der Waals surface area contributed by atoms with Crippen LogP contribution in [0.4, 0.5) is 0 Å². The Balaban J connectivity index is 1.89. The van der Waals surface area contributed by atoms with Gasteiger partial charge in [-0.2, -0.15) is 0 Å². The molecule has 0 bridgehead atoms. The van der Waals surface area contributed by atoms with Crippen LogP contribution in [-0.4, -0.2) is 30.3 Å². The molecule has 3 rings (SSSR count). The molecular weight excluding hydrogens is 280 g/mol. The third kappa shape index (κ3) is 3.09.